The van der Waals surface area contributed by atoms with Crippen LogP contribution in [0.2, 0.25) is 0 Å². The molecule has 1 aromatic rings. The molecule has 1 aromatic carbocycles. The van der Waals surface area contributed by atoms with Crippen molar-refractivity contribution in [2.75, 3.05) is 5.32 Å². The van der Waals surface area contributed by atoms with Crippen LogP contribution in [0.5, 0.6) is 0 Å². The Kier molecular flexibility index (Phi) is 5.26. The quantitative estimate of drug-likeness (QED) is 0.712. The standard InChI is InChI=1S/C16H23BrFN/c1-11(2)12-4-3-5-13(7-6-12)19-14-8-9-16(18)15(17)10-14/h8-13,19H,3-7H2,1-2H3. The van der Waals surface area contributed by atoms with E-state index < -0.39 is 0 Å². The highest BCUT2D eigenvalue weighted by atomic mass is 79.9. The Balaban J connectivity index is 1.94. The molecule has 1 fully saturated rings. The second kappa shape index (κ2) is 6.74. The Labute approximate surface area is 124 Å². The molecule has 1 N–H and O–H groups in total. The molecule has 0 saturated heterocycles. The van der Waals surface area contributed by atoms with E-state index >= 15 is 0 Å². The number of rotatable bonds is 3. The predicted octanol–water partition coefficient (Wildman–Crippen LogP) is 5.61. The highest BCUT2D eigenvalue weighted by Gasteiger charge is 2.20. The smallest absolute Gasteiger partial charge is 0.137 e. The van der Waals surface area contributed by atoms with Crippen molar-refractivity contribution in [2.24, 2.45) is 11.8 Å². The number of hydrogen-bond acceptors (Lipinski definition) is 1. The van der Waals surface area contributed by atoms with Gasteiger partial charge in [0.15, 0.2) is 0 Å². The van der Waals surface area contributed by atoms with Crippen LogP contribution in [-0.2, 0) is 0 Å². The van der Waals surface area contributed by atoms with Crippen molar-refractivity contribution in [1.82, 2.24) is 0 Å². The van der Waals surface area contributed by atoms with Gasteiger partial charge in [-0.25, -0.2) is 4.39 Å². The zero-order chi connectivity index (χ0) is 13.8. The summed E-state index contributed by atoms with van der Waals surface area (Å²) in [6.45, 7) is 4.66. The fraction of sp³-hybridized carbons (Fsp3) is 0.625. The van der Waals surface area contributed by atoms with Gasteiger partial charge in [-0.3, -0.25) is 0 Å². The van der Waals surface area contributed by atoms with Crippen LogP contribution in [0.4, 0.5) is 10.1 Å². The predicted molar refractivity (Wildman–Crippen MR) is 82.9 cm³/mol. The summed E-state index contributed by atoms with van der Waals surface area (Å²) >= 11 is 3.24. The van der Waals surface area contributed by atoms with Crippen LogP contribution in [0.3, 0.4) is 0 Å². The monoisotopic (exact) mass is 327 g/mol. The van der Waals surface area contributed by atoms with Crippen LogP contribution in [0.15, 0.2) is 22.7 Å². The summed E-state index contributed by atoms with van der Waals surface area (Å²) in [6, 6.07) is 5.70. The summed E-state index contributed by atoms with van der Waals surface area (Å²) in [5.41, 5.74) is 1.02. The molecule has 3 heteroatoms. The second-order valence-corrected chi connectivity index (χ2v) is 6.84. The molecular weight excluding hydrogens is 305 g/mol. The lowest BCUT2D eigenvalue weighted by molar-refractivity contribution is 0.341. The topological polar surface area (TPSA) is 12.0 Å². The average Bonchev–Trinajstić information content (AvgIpc) is 2.59. The molecule has 0 heterocycles. The zero-order valence-corrected chi connectivity index (χ0v) is 13.3. The van der Waals surface area contributed by atoms with Gasteiger partial charge in [0, 0.05) is 11.7 Å². The van der Waals surface area contributed by atoms with E-state index in [1.807, 2.05) is 12.1 Å². The van der Waals surface area contributed by atoms with E-state index in [9.17, 15) is 4.39 Å². The molecule has 0 spiro atoms. The SMILES string of the molecule is CC(C)C1CCCC(Nc2ccc(F)c(Br)c2)CC1. The molecule has 1 nitrogen and oxygen atoms in total. The average molecular weight is 328 g/mol. The van der Waals surface area contributed by atoms with Gasteiger partial charge < -0.3 is 5.32 Å². The molecule has 1 saturated carbocycles. The van der Waals surface area contributed by atoms with E-state index in [0.717, 1.165) is 17.5 Å². The van der Waals surface area contributed by atoms with Gasteiger partial charge in [0.05, 0.1) is 4.47 Å². The molecule has 0 bridgehead atoms. The minimum atomic E-state index is -0.203. The van der Waals surface area contributed by atoms with Crippen LogP contribution >= 0.6 is 15.9 Å². The lowest BCUT2D eigenvalue weighted by Gasteiger charge is -2.20. The fourth-order valence-electron chi connectivity index (χ4n) is 2.96. The van der Waals surface area contributed by atoms with Gasteiger partial charge in [-0.1, -0.05) is 26.7 Å². The number of halogens is 2. The first kappa shape index (κ1) is 14.8. The van der Waals surface area contributed by atoms with E-state index in [4.69, 9.17) is 0 Å². The molecule has 19 heavy (non-hydrogen) atoms. The number of nitrogens with one attached hydrogen (secondary N) is 1. The first-order valence-electron chi connectivity index (χ1n) is 7.28. The van der Waals surface area contributed by atoms with E-state index in [1.54, 1.807) is 0 Å². The lowest BCUT2D eigenvalue weighted by atomic mass is 9.89. The van der Waals surface area contributed by atoms with Crippen molar-refractivity contribution in [3.05, 3.63) is 28.5 Å². The van der Waals surface area contributed by atoms with Crippen LogP contribution in [-0.4, -0.2) is 6.04 Å². The molecule has 2 rings (SSSR count). The van der Waals surface area contributed by atoms with Crippen molar-refractivity contribution >= 4 is 21.6 Å². The molecule has 0 aromatic heterocycles. The minimum absolute atomic E-state index is 0.203. The van der Waals surface area contributed by atoms with Gasteiger partial charge >= 0.3 is 0 Å². The van der Waals surface area contributed by atoms with Gasteiger partial charge in [0.2, 0.25) is 0 Å². The maximum atomic E-state index is 13.2. The number of hydrogen-bond donors (Lipinski definition) is 1. The molecule has 106 valence electrons. The summed E-state index contributed by atoms with van der Waals surface area (Å²) in [7, 11) is 0. The van der Waals surface area contributed by atoms with E-state index in [2.05, 4.69) is 35.1 Å². The summed E-state index contributed by atoms with van der Waals surface area (Å²) in [5.74, 6) is 1.46. The number of benzene rings is 1. The van der Waals surface area contributed by atoms with Crippen molar-refractivity contribution in [3.8, 4) is 0 Å². The summed E-state index contributed by atoms with van der Waals surface area (Å²) in [4.78, 5) is 0. The van der Waals surface area contributed by atoms with Gasteiger partial charge in [0.25, 0.3) is 0 Å². The molecule has 0 radical (unpaired) electrons. The molecule has 0 aliphatic heterocycles. The van der Waals surface area contributed by atoms with E-state index in [-0.39, 0.29) is 5.82 Å². The largest absolute Gasteiger partial charge is 0.382 e. The van der Waals surface area contributed by atoms with E-state index in [1.165, 1.54) is 38.2 Å². The van der Waals surface area contributed by atoms with Crippen LogP contribution in [0, 0.1) is 17.7 Å². The highest BCUT2D eigenvalue weighted by molar-refractivity contribution is 9.10. The Morgan fingerprint density at radius 1 is 1.21 bits per heavy atom. The van der Waals surface area contributed by atoms with Crippen LogP contribution < -0.4 is 5.32 Å². The third-order valence-electron chi connectivity index (χ3n) is 4.25. The summed E-state index contributed by atoms with van der Waals surface area (Å²) in [5, 5.41) is 3.55. The van der Waals surface area contributed by atoms with Gasteiger partial charge in [-0.05, 0) is 65.2 Å². The Morgan fingerprint density at radius 2 is 2.00 bits per heavy atom. The molecule has 2 atom stereocenters. The van der Waals surface area contributed by atoms with Crippen molar-refractivity contribution < 1.29 is 4.39 Å². The Morgan fingerprint density at radius 3 is 2.68 bits per heavy atom. The maximum absolute atomic E-state index is 13.2. The zero-order valence-electron chi connectivity index (χ0n) is 11.8. The summed E-state index contributed by atoms with van der Waals surface area (Å²) < 4.78 is 13.7. The first-order chi connectivity index (χ1) is 9.06. The fourth-order valence-corrected chi connectivity index (χ4v) is 3.34. The van der Waals surface area contributed by atoms with Gasteiger partial charge in [-0.2, -0.15) is 0 Å². The van der Waals surface area contributed by atoms with E-state index in [0.29, 0.717) is 10.5 Å². The third kappa shape index (κ3) is 4.20. The summed E-state index contributed by atoms with van der Waals surface area (Å²) in [6.07, 6.45) is 6.39. The molecule has 1 aliphatic rings. The molecule has 0 amide bonds. The van der Waals surface area contributed by atoms with Crippen LogP contribution in [0.1, 0.15) is 46.0 Å². The van der Waals surface area contributed by atoms with Gasteiger partial charge in [-0.15, -0.1) is 0 Å². The number of anilines is 1. The van der Waals surface area contributed by atoms with Crippen molar-refractivity contribution in [2.45, 2.75) is 52.0 Å². The third-order valence-corrected chi connectivity index (χ3v) is 4.85. The van der Waals surface area contributed by atoms with Crippen molar-refractivity contribution in [3.63, 3.8) is 0 Å². The minimum Gasteiger partial charge on any atom is -0.382 e. The maximum Gasteiger partial charge on any atom is 0.137 e. The normalized spacial score (nSPS) is 24.3. The van der Waals surface area contributed by atoms with Crippen molar-refractivity contribution in [1.29, 1.82) is 0 Å². The molecule has 1 aliphatic carbocycles. The molecular formula is C16H23BrFN. The Hall–Kier alpha value is -0.570. The second-order valence-electron chi connectivity index (χ2n) is 5.98. The van der Waals surface area contributed by atoms with Crippen LogP contribution in [0.25, 0.3) is 0 Å². The van der Waals surface area contributed by atoms with Gasteiger partial charge in [0.1, 0.15) is 5.82 Å². The Bertz CT molecular complexity index is 419. The lowest BCUT2D eigenvalue weighted by Crippen LogP contribution is -2.18. The highest BCUT2D eigenvalue weighted by Crippen LogP contribution is 2.30. The first-order valence-corrected chi connectivity index (χ1v) is 8.07. The molecule has 2 unspecified atom stereocenters.